The van der Waals surface area contributed by atoms with Crippen LogP contribution in [-0.4, -0.2) is 42.9 Å². The quantitative estimate of drug-likeness (QED) is 0.247. The van der Waals surface area contributed by atoms with E-state index >= 15 is 0 Å². The lowest BCUT2D eigenvalue weighted by Gasteiger charge is -2.12. The smallest absolute Gasteiger partial charge is 0.268 e. The third kappa shape index (κ3) is 4.37. The SMILES string of the molecule is Cc1ccc(S(=O)(=O)n2c(C(=O)c3cnn(-c4ccc5nc(C)[nH]c5c4)c3N)cc3cc(-c4cccnc4)ccc32)cc1. The van der Waals surface area contributed by atoms with Gasteiger partial charge in [0.15, 0.2) is 0 Å². The highest BCUT2D eigenvalue weighted by atomic mass is 32.2. The number of carbonyl (C=O) groups excluding carboxylic acids is 1. The molecule has 0 spiro atoms. The van der Waals surface area contributed by atoms with Crippen LogP contribution in [0.25, 0.3) is 38.8 Å². The molecule has 4 heterocycles. The number of pyridine rings is 1. The number of hydrogen-bond donors (Lipinski definition) is 2. The Hall–Kier alpha value is -5.55. The van der Waals surface area contributed by atoms with Gasteiger partial charge in [0, 0.05) is 23.3 Å². The summed E-state index contributed by atoms with van der Waals surface area (Å²) in [4.78, 5) is 26.0. The van der Waals surface area contributed by atoms with Crippen LogP contribution in [0.15, 0.2) is 102 Å². The summed E-state index contributed by atoms with van der Waals surface area (Å²) in [6.45, 7) is 3.74. The molecule has 0 fully saturated rings. The van der Waals surface area contributed by atoms with E-state index in [2.05, 4.69) is 20.1 Å². The summed E-state index contributed by atoms with van der Waals surface area (Å²) < 4.78 is 30.8. The van der Waals surface area contributed by atoms with Gasteiger partial charge in [-0.25, -0.2) is 22.1 Å². The number of aromatic amines is 1. The standard InChI is InChI=1S/C32H25N7O3S/c1-19-5-9-25(10-6-19)43(41,42)39-29-12-7-21(22-4-3-13-34-17-22)14-23(29)15-30(39)31(40)26-18-35-38(32(26)33)24-8-11-27-28(16-24)37-20(2)36-27/h3-18H,33H2,1-2H3,(H,36,37). The van der Waals surface area contributed by atoms with E-state index in [1.807, 2.05) is 50.2 Å². The molecule has 3 N–H and O–H groups in total. The first-order chi connectivity index (χ1) is 20.7. The number of anilines is 1. The number of nitrogens with two attached hydrogens (primary N) is 1. The van der Waals surface area contributed by atoms with E-state index in [1.165, 1.54) is 23.0 Å². The van der Waals surface area contributed by atoms with Gasteiger partial charge in [-0.15, -0.1) is 0 Å². The minimum absolute atomic E-state index is 0.0511. The largest absolute Gasteiger partial charge is 0.383 e. The van der Waals surface area contributed by atoms with Crippen molar-refractivity contribution in [2.75, 3.05) is 5.73 Å². The Labute approximate surface area is 246 Å². The fourth-order valence-corrected chi connectivity index (χ4v) is 6.78. The molecule has 0 aliphatic rings. The number of aromatic nitrogens is 6. The number of nitrogens with zero attached hydrogens (tertiary/aromatic N) is 5. The van der Waals surface area contributed by atoms with E-state index in [4.69, 9.17) is 5.73 Å². The molecule has 3 aromatic carbocycles. The summed E-state index contributed by atoms with van der Waals surface area (Å²) in [5.41, 5.74) is 11.7. The average Bonchev–Trinajstić information content (AvgIpc) is 3.70. The lowest BCUT2D eigenvalue weighted by Crippen LogP contribution is -2.19. The first-order valence-electron chi connectivity index (χ1n) is 13.4. The van der Waals surface area contributed by atoms with Crippen molar-refractivity contribution in [2.24, 2.45) is 0 Å². The highest BCUT2D eigenvalue weighted by molar-refractivity contribution is 7.90. The second kappa shape index (κ2) is 9.78. The fraction of sp³-hybridized carbons (Fsp3) is 0.0625. The number of benzene rings is 3. The van der Waals surface area contributed by atoms with Gasteiger partial charge in [-0.2, -0.15) is 5.10 Å². The van der Waals surface area contributed by atoms with Gasteiger partial charge < -0.3 is 10.7 Å². The maximum atomic E-state index is 14.2. The van der Waals surface area contributed by atoms with Crippen molar-refractivity contribution in [3.63, 3.8) is 0 Å². The lowest BCUT2D eigenvalue weighted by atomic mass is 10.1. The van der Waals surface area contributed by atoms with Gasteiger partial charge in [-0.3, -0.25) is 9.78 Å². The topological polar surface area (TPSA) is 142 Å². The van der Waals surface area contributed by atoms with Crippen LogP contribution in [0.4, 0.5) is 5.82 Å². The van der Waals surface area contributed by atoms with Crippen molar-refractivity contribution < 1.29 is 13.2 Å². The van der Waals surface area contributed by atoms with Gasteiger partial charge in [-0.1, -0.05) is 29.8 Å². The number of carbonyl (C=O) groups is 1. The molecule has 7 aromatic rings. The minimum Gasteiger partial charge on any atom is -0.383 e. The molecule has 11 heteroatoms. The van der Waals surface area contributed by atoms with Gasteiger partial charge in [0.05, 0.1) is 38.9 Å². The number of imidazole rings is 1. The predicted octanol–water partition coefficient (Wildman–Crippen LogP) is 5.43. The average molecular weight is 588 g/mol. The van der Waals surface area contributed by atoms with Crippen LogP contribution in [0.5, 0.6) is 0 Å². The summed E-state index contributed by atoms with van der Waals surface area (Å²) in [5, 5.41) is 4.96. The van der Waals surface area contributed by atoms with Gasteiger partial charge in [0.1, 0.15) is 17.3 Å². The number of rotatable bonds is 6. The van der Waals surface area contributed by atoms with Gasteiger partial charge in [0.25, 0.3) is 10.0 Å². The minimum atomic E-state index is -4.18. The van der Waals surface area contributed by atoms with Crippen LogP contribution < -0.4 is 5.73 Å². The molecule has 0 aliphatic heterocycles. The number of H-pyrrole nitrogens is 1. The summed E-state index contributed by atoms with van der Waals surface area (Å²) in [5.74, 6) is 0.281. The summed E-state index contributed by atoms with van der Waals surface area (Å²) in [6.07, 6.45) is 4.77. The number of fused-ring (bicyclic) bond motifs is 2. The van der Waals surface area contributed by atoms with Crippen LogP contribution in [-0.2, 0) is 10.0 Å². The zero-order chi connectivity index (χ0) is 29.9. The monoisotopic (exact) mass is 587 g/mol. The van der Waals surface area contributed by atoms with Crippen molar-refractivity contribution in [1.29, 1.82) is 0 Å². The van der Waals surface area contributed by atoms with Crippen molar-refractivity contribution in [3.05, 3.63) is 120 Å². The molecule has 0 bridgehead atoms. The Morgan fingerprint density at radius 1 is 0.907 bits per heavy atom. The first-order valence-corrected chi connectivity index (χ1v) is 14.9. The molecule has 0 amide bonds. The second-order valence-corrected chi connectivity index (χ2v) is 12.1. The number of aryl methyl sites for hydroxylation is 2. The molecular formula is C32H25N7O3S. The first kappa shape index (κ1) is 26.4. The fourth-order valence-electron chi connectivity index (χ4n) is 5.27. The Morgan fingerprint density at radius 3 is 2.49 bits per heavy atom. The zero-order valence-electron chi connectivity index (χ0n) is 23.2. The predicted molar refractivity (Wildman–Crippen MR) is 165 cm³/mol. The molecule has 0 radical (unpaired) electrons. The molecule has 212 valence electrons. The zero-order valence-corrected chi connectivity index (χ0v) is 24.0. The lowest BCUT2D eigenvalue weighted by molar-refractivity contribution is 0.103. The Kier molecular flexibility index (Phi) is 5.99. The second-order valence-electron chi connectivity index (χ2n) is 10.3. The Morgan fingerprint density at radius 2 is 1.72 bits per heavy atom. The van der Waals surface area contributed by atoms with Crippen molar-refractivity contribution in [2.45, 2.75) is 18.7 Å². The van der Waals surface area contributed by atoms with E-state index in [-0.39, 0.29) is 22.0 Å². The van der Waals surface area contributed by atoms with Crippen molar-refractivity contribution in [1.82, 2.24) is 28.7 Å². The van der Waals surface area contributed by atoms with E-state index in [0.29, 0.717) is 16.6 Å². The highest BCUT2D eigenvalue weighted by Crippen LogP contribution is 2.32. The molecule has 43 heavy (non-hydrogen) atoms. The summed E-state index contributed by atoms with van der Waals surface area (Å²) in [7, 11) is -4.18. The molecule has 7 rings (SSSR count). The van der Waals surface area contributed by atoms with Crippen LogP contribution in [0.2, 0.25) is 0 Å². The van der Waals surface area contributed by atoms with E-state index in [1.54, 1.807) is 42.7 Å². The Bertz CT molecular complexity index is 2300. The van der Waals surface area contributed by atoms with Gasteiger partial charge in [0.2, 0.25) is 5.78 Å². The van der Waals surface area contributed by atoms with Gasteiger partial charge in [-0.05, 0) is 74.0 Å². The van der Waals surface area contributed by atoms with E-state index in [0.717, 1.165) is 37.5 Å². The van der Waals surface area contributed by atoms with Crippen molar-refractivity contribution >= 4 is 43.6 Å². The third-order valence-electron chi connectivity index (χ3n) is 7.42. The maximum Gasteiger partial charge on any atom is 0.268 e. The van der Waals surface area contributed by atoms with Gasteiger partial charge >= 0.3 is 0 Å². The maximum absolute atomic E-state index is 14.2. The third-order valence-corrected chi connectivity index (χ3v) is 9.17. The van der Waals surface area contributed by atoms with Crippen LogP contribution in [0.1, 0.15) is 27.4 Å². The van der Waals surface area contributed by atoms with Crippen LogP contribution >= 0.6 is 0 Å². The summed E-state index contributed by atoms with van der Waals surface area (Å²) in [6, 6.07) is 22.7. The van der Waals surface area contributed by atoms with Crippen molar-refractivity contribution in [3.8, 4) is 16.8 Å². The van der Waals surface area contributed by atoms with E-state index in [9.17, 15) is 13.2 Å². The summed E-state index contributed by atoms with van der Waals surface area (Å²) >= 11 is 0. The molecule has 0 atom stereocenters. The van der Waals surface area contributed by atoms with Crippen LogP contribution in [0.3, 0.4) is 0 Å². The molecule has 10 nitrogen and oxygen atoms in total. The number of nitrogen functional groups attached to an aromatic ring is 1. The number of ketones is 1. The number of hydrogen-bond acceptors (Lipinski definition) is 7. The molecular weight excluding hydrogens is 562 g/mol. The Balaban J connectivity index is 1.39. The molecule has 0 aliphatic carbocycles. The normalized spacial score (nSPS) is 11.9. The highest BCUT2D eigenvalue weighted by Gasteiger charge is 2.29. The molecule has 0 saturated carbocycles. The number of nitrogens with one attached hydrogen (secondary N) is 1. The van der Waals surface area contributed by atoms with Crippen LogP contribution in [0, 0.1) is 13.8 Å². The van der Waals surface area contributed by atoms with E-state index < -0.39 is 15.8 Å². The molecule has 4 aromatic heterocycles. The molecule has 0 unspecified atom stereocenters. The molecule has 0 saturated heterocycles.